The first-order valence-electron chi connectivity index (χ1n) is 5.72. The van der Waals surface area contributed by atoms with Crippen molar-refractivity contribution in [1.82, 2.24) is 9.97 Å². The van der Waals surface area contributed by atoms with Crippen LogP contribution in [0.25, 0.3) is 22.2 Å². The zero-order valence-corrected chi connectivity index (χ0v) is 11.5. The topological polar surface area (TPSA) is 25.8 Å². The molecule has 0 saturated carbocycles. The molecule has 0 unspecified atom stereocenters. The minimum Gasteiger partial charge on any atom is -0.256 e. The van der Waals surface area contributed by atoms with E-state index in [0.29, 0.717) is 0 Å². The molecule has 2 nitrogen and oxygen atoms in total. The zero-order chi connectivity index (χ0) is 12.5. The lowest BCUT2D eigenvalue weighted by Gasteiger charge is -2.06. The fourth-order valence-corrected chi connectivity index (χ4v) is 2.41. The Bertz CT molecular complexity index is 723. The quantitative estimate of drug-likeness (QED) is 0.667. The summed E-state index contributed by atoms with van der Waals surface area (Å²) in [5.41, 5.74) is 4.04. The normalized spacial score (nSPS) is 10.8. The first-order valence-corrected chi connectivity index (χ1v) is 6.52. The SMILES string of the molecule is Cc1ccc(Br)c(-c2ccc3cccnc3c2)n1. The Morgan fingerprint density at radius 1 is 1.06 bits per heavy atom. The third kappa shape index (κ3) is 2.02. The first-order chi connectivity index (χ1) is 8.74. The maximum Gasteiger partial charge on any atom is 0.0847 e. The highest BCUT2D eigenvalue weighted by atomic mass is 79.9. The molecule has 0 aliphatic rings. The van der Waals surface area contributed by atoms with E-state index in [1.165, 1.54) is 0 Å². The maximum absolute atomic E-state index is 4.58. The van der Waals surface area contributed by atoms with Gasteiger partial charge in [-0.05, 0) is 47.1 Å². The standard InChI is InChI=1S/C15H11BrN2/c1-10-4-7-13(16)15(18-10)12-6-5-11-3-2-8-17-14(11)9-12/h2-9H,1H3. The molecule has 0 atom stereocenters. The minimum atomic E-state index is 0.961. The van der Waals surface area contributed by atoms with Crippen molar-refractivity contribution in [2.24, 2.45) is 0 Å². The Hall–Kier alpha value is -1.74. The van der Waals surface area contributed by atoms with Crippen LogP contribution < -0.4 is 0 Å². The highest BCUT2D eigenvalue weighted by Gasteiger charge is 2.06. The molecule has 2 heterocycles. The molecule has 88 valence electrons. The van der Waals surface area contributed by atoms with E-state index in [4.69, 9.17) is 0 Å². The van der Waals surface area contributed by atoms with Gasteiger partial charge in [-0.25, -0.2) is 0 Å². The van der Waals surface area contributed by atoms with Gasteiger partial charge in [-0.2, -0.15) is 0 Å². The van der Waals surface area contributed by atoms with Gasteiger partial charge in [0.05, 0.1) is 11.2 Å². The van der Waals surface area contributed by atoms with Crippen LogP contribution in [0.4, 0.5) is 0 Å². The number of pyridine rings is 2. The Balaban J connectivity index is 2.22. The van der Waals surface area contributed by atoms with Crippen LogP contribution in [0.3, 0.4) is 0 Å². The molecular weight excluding hydrogens is 288 g/mol. The second kappa shape index (κ2) is 4.50. The molecule has 0 saturated heterocycles. The predicted molar refractivity (Wildman–Crippen MR) is 77.4 cm³/mol. The maximum atomic E-state index is 4.58. The molecule has 0 aliphatic carbocycles. The summed E-state index contributed by atoms with van der Waals surface area (Å²) in [6.45, 7) is 2.00. The van der Waals surface area contributed by atoms with E-state index in [0.717, 1.165) is 32.3 Å². The molecule has 0 N–H and O–H groups in total. The van der Waals surface area contributed by atoms with Gasteiger partial charge in [0, 0.05) is 27.3 Å². The van der Waals surface area contributed by atoms with E-state index in [-0.39, 0.29) is 0 Å². The molecule has 3 rings (SSSR count). The van der Waals surface area contributed by atoms with Crippen LogP contribution in [0.1, 0.15) is 5.69 Å². The predicted octanol–water partition coefficient (Wildman–Crippen LogP) is 4.37. The monoisotopic (exact) mass is 298 g/mol. The van der Waals surface area contributed by atoms with Crippen LogP contribution in [-0.2, 0) is 0 Å². The van der Waals surface area contributed by atoms with Gasteiger partial charge in [0.25, 0.3) is 0 Å². The number of fused-ring (bicyclic) bond motifs is 1. The van der Waals surface area contributed by atoms with Gasteiger partial charge in [0.2, 0.25) is 0 Å². The summed E-state index contributed by atoms with van der Waals surface area (Å²) >= 11 is 3.55. The third-order valence-electron chi connectivity index (χ3n) is 2.86. The van der Waals surface area contributed by atoms with Crippen molar-refractivity contribution < 1.29 is 0 Å². The zero-order valence-electron chi connectivity index (χ0n) is 9.89. The highest BCUT2D eigenvalue weighted by molar-refractivity contribution is 9.10. The number of benzene rings is 1. The third-order valence-corrected chi connectivity index (χ3v) is 3.50. The average Bonchev–Trinajstić information content (AvgIpc) is 2.41. The van der Waals surface area contributed by atoms with Gasteiger partial charge < -0.3 is 0 Å². The summed E-state index contributed by atoms with van der Waals surface area (Å²) in [7, 11) is 0. The largest absolute Gasteiger partial charge is 0.256 e. The Labute approximate surface area is 114 Å². The Kier molecular flexibility index (Phi) is 2.84. The van der Waals surface area contributed by atoms with Gasteiger partial charge in [-0.3, -0.25) is 9.97 Å². The molecule has 2 aromatic heterocycles. The summed E-state index contributed by atoms with van der Waals surface area (Å²) < 4.78 is 1.00. The Morgan fingerprint density at radius 3 is 2.83 bits per heavy atom. The van der Waals surface area contributed by atoms with Gasteiger partial charge in [-0.15, -0.1) is 0 Å². The summed E-state index contributed by atoms with van der Waals surface area (Å²) in [4.78, 5) is 8.95. The lowest BCUT2D eigenvalue weighted by Crippen LogP contribution is -1.89. The second-order valence-corrected chi connectivity index (χ2v) is 5.05. The van der Waals surface area contributed by atoms with Crippen LogP contribution in [0, 0.1) is 6.92 Å². The van der Waals surface area contributed by atoms with Crippen LogP contribution in [-0.4, -0.2) is 9.97 Å². The van der Waals surface area contributed by atoms with Crippen molar-refractivity contribution in [1.29, 1.82) is 0 Å². The summed E-state index contributed by atoms with van der Waals surface area (Å²) in [6, 6.07) is 14.3. The van der Waals surface area contributed by atoms with Crippen molar-refractivity contribution in [3.63, 3.8) is 0 Å². The lowest BCUT2D eigenvalue weighted by atomic mass is 10.1. The molecule has 0 bridgehead atoms. The number of hydrogen-bond donors (Lipinski definition) is 0. The van der Waals surface area contributed by atoms with Gasteiger partial charge in [0.1, 0.15) is 0 Å². The van der Waals surface area contributed by atoms with Gasteiger partial charge >= 0.3 is 0 Å². The van der Waals surface area contributed by atoms with E-state index in [1.807, 2.05) is 31.3 Å². The molecule has 0 radical (unpaired) electrons. The summed E-state index contributed by atoms with van der Waals surface area (Å²) in [5.74, 6) is 0. The van der Waals surface area contributed by atoms with Crippen molar-refractivity contribution in [3.8, 4) is 11.3 Å². The number of aromatic nitrogens is 2. The van der Waals surface area contributed by atoms with Crippen LogP contribution >= 0.6 is 15.9 Å². The number of hydrogen-bond acceptors (Lipinski definition) is 2. The van der Waals surface area contributed by atoms with Gasteiger partial charge in [-0.1, -0.05) is 18.2 Å². The molecule has 0 amide bonds. The van der Waals surface area contributed by atoms with E-state index >= 15 is 0 Å². The number of nitrogens with zero attached hydrogens (tertiary/aromatic N) is 2. The van der Waals surface area contributed by atoms with E-state index < -0.39 is 0 Å². The van der Waals surface area contributed by atoms with Gasteiger partial charge in [0.15, 0.2) is 0 Å². The lowest BCUT2D eigenvalue weighted by molar-refractivity contribution is 1.19. The summed E-state index contributed by atoms with van der Waals surface area (Å²) in [6.07, 6.45) is 1.81. The molecule has 1 aromatic carbocycles. The second-order valence-electron chi connectivity index (χ2n) is 4.19. The smallest absolute Gasteiger partial charge is 0.0847 e. The molecule has 3 aromatic rings. The average molecular weight is 299 g/mol. The van der Waals surface area contributed by atoms with E-state index in [9.17, 15) is 0 Å². The van der Waals surface area contributed by atoms with E-state index in [2.05, 4.69) is 50.2 Å². The fourth-order valence-electron chi connectivity index (χ4n) is 1.96. The fraction of sp³-hybridized carbons (Fsp3) is 0.0667. The molecule has 0 aliphatic heterocycles. The minimum absolute atomic E-state index is 0.961. The van der Waals surface area contributed by atoms with Crippen molar-refractivity contribution >= 4 is 26.8 Å². The molecular formula is C15H11BrN2. The highest BCUT2D eigenvalue weighted by Crippen LogP contribution is 2.28. The molecule has 18 heavy (non-hydrogen) atoms. The van der Waals surface area contributed by atoms with E-state index in [1.54, 1.807) is 0 Å². The summed E-state index contributed by atoms with van der Waals surface area (Å²) in [5, 5.41) is 1.14. The van der Waals surface area contributed by atoms with Crippen molar-refractivity contribution in [2.45, 2.75) is 6.92 Å². The van der Waals surface area contributed by atoms with Crippen LogP contribution in [0.15, 0.2) is 53.1 Å². The van der Waals surface area contributed by atoms with Crippen LogP contribution in [0.5, 0.6) is 0 Å². The number of aryl methyl sites for hydroxylation is 1. The molecule has 0 spiro atoms. The van der Waals surface area contributed by atoms with Crippen molar-refractivity contribution in [2.75, 3.05) is 0 Å². The first kappa shape index (κ1) is 11.4. The van der Waals surface area contributed by atoms with Crippen LogP contribution in [0.2, 0.25) is 0 Å². The van der Waals surface area contributed by atoms with Crippen molar-refractivity contribution in [3.05, 3.63) is 58.8 Å². The number of rotatable bonds is 1. The molecule has 3 heteroatoms. The molecule has 0 fully saturated rings. The Morgan fingerprint density at radius 2 is 1.94 bits per heavy atom. The number of halogens is 1.